The van der Waals surface area contributed by atoms with Crippen molar-refractivity contribution >= 4 is 16.9 Å². The molecule has 3 rings (SSSR count). The smallest absolute Gasteiger partial charge is 0.270 e. The number of benzene rings is 1. The van der Waals surface area contributed by atoms with Crippen LogP contribution in [0.25, 0.3) is 11.0 Å². The number of carbonyl (C=O) groups is 1. The number of rotatable bonds is 7. The fraction of sp³-hybridized carbons (Fsp3) is 0.261. The van der Waals surface area contributed by atoms with Crippen LogP contribution in [0.4, 0.5) is 4.39 Å². The molecule has 0 aliphatic heterocycles. The van der Waals surface area contributed by atoms with Crippen LogP contribution in [0.2, 0.25) is 0 Å². The Hall–Kier alpha value is -3.46. The van der Waals surface area contributed by atoms with E-state index in [1.807, 2.05) is 0 Å². The van der Waals surface area contributed by atoms with Crippen molar-refractivity contribution in [3.05, 3.63) is 65.7 Å². The van der Waals surface area contributed by atoms with Crippen molar-refractivity contribution in [1.82, 2.24) is 15.3 Å². The fourth-order valence-corrected chi connectivity index (χ4v) is 2.67. The minimum atomic E-state index is -0.501. The predicted octanol–water partition coefficient (Wildman–Crippen LogP) is 4.27. The molecule has 0 radical (unpaired) electrons. The van der Waals surface area contributed by atoms with Crippen LogP contribution < -0.4 is 10.1 Å². The summed E-state index contributed by atoms with van der Waals surface area (Å²) >= 11 is 0. The first-order chi connectivity index (χ1) is 14.2. The van der Waals surface area contributed by atoms with Crippen LogP contribution in [0.5, 0.6) is 5.75 Å². The second-order valence-electron chi connectivity index (χ2n) is 6.40. The van der Waals surface area contributed by atoms with Crippen LogP contribution in [-0.4, -0.2) is 22.5 Å². The van der Waals surface area contributed by atoms with Gasteiger partial charge in [0.2, 0.25) is 0 Å². The van der Waals surface area contributed by atoms with Gasteiger partial charge in [-0.2, -0.15) is 0 Å². The third kappa shape index (κ3) is 5.52. The molecule has 3 aromatic rings. The van der Waals surface area contributed by atoms with Crippen molar-refractivity contribution in [1.29, 1.82) is 0 Å². The number of ether oxygens (including phenoxy) is 1. The first kappa shape index (κ1) is 20.3. The number of nitrogens with one attached hydrogen (secondary N) is 1. The normalized spacial score (nSPS) is 10.3. The minimum Gasteiger partial charge on any atom is -0.478 e. The van der Waals surface area contributed by atoms with Crippen LogP contribution in [0.3, 0.4) is 0 Å². The van der Waals surface area contributed by atoms with Crippen LogP contribution >= 0.6 is 0 Å². The highest BCUT2D eigenvalue weighted by molar-refractivity contribution is 5.94. The Morgan fingerprint density at radius 3 is 2.90 bits per heavy atom. The number of hydrogen-bond donors (Lipinski definition) is 1. The topological polar surface area (TPSA) is 64.1 Å². The fourth-order valence-electron chi connectivity index (χ4n) is 2.67. The lowest BCUT2D eigenvalue weighted by Crippen LogP contribution is -2.24. The first-order valence-electron chi connectivity index (χ1n) is 9.55. The Labute approximate surface area is 169 Å². The second-order valence-corrected chi connectivity index (χ2v) is 6.40. The summed E-state index contributed by atoms with van der Waals surface area (Å²) in [5.41, 5.74) is 1.91. The van der Waals surface area contributed by atoms with Gasteiger partial charge in [0.1, 0.15) is 12.3 Å². The van der Waals surface area contributed by atoms with Gasteiger partial charge in [0, 0.05) is 24.7 Å². The number of nitrogens with zero attached hydrogens (tertiary/aromatic N) is 2. The molecular weight excluding hydrogens is 369 g/mol. The van der Waals surface area contributed by atoms with E-state index in [0.29, 0.717) is 16.6 Å². The van der Waals surface area contributed by atoms with Gasteiger partial charge >= 0.3 is 0 Å². The third-order valence-corrected chi connectivity index (χ3v) is 4.25. The van der Waals surface area contributed by atoms with Crippen molar-refractivity contribution in [2.45, 2.75) is 32.7 Å². The van der Waals surface area contributed by atoms with Crippen molar-refractivity contribution in [2.24, 2.45) is 0 Å². The molecule has 148 valence electrons. The molecular formula is C23H22FN3O2. The minimum absolute atomic E-state index is 0.0246. The Morgan fingerprint density at radius 1 is 1.14 bits per heavy atom. The van der Waals surface area contributed by atoms with E-state index in [9.17, 15) is 9.18 Å². The maximum absolute atomic E-state index is 14.6. The van der Waals surface area contributed by atoms with Gasteiger partial charge < -0.3 is 10.1 Å². The molecule has 0 aliphatic carbocycles. The number of pyridine rings is 2. The number of unbranched alkanes of at least 4 members (excludes halogenated alkanes) is 2. The largest absolute Gasteiger partial charge is 0.478 e. The van der Waals surface area contributed by atoms with Crippen molar-refractivity contribution in [3.63, 3.8) is 0 Å². The Morgan fingerprint density at radius 2 is 2.03 bits per heavy atom. The summed E-state index contributed by atoms with van der Waals surface area (Å²) in [6.45, 7) is 2.26. The summed E-state index contributed by atoms with van der Waals surface area (Å²) in [7, 11) is 0. The van der Waals surface area contributed by atoms with Crippen molar-refractivity contribution in [2.75, 3.05) is 6.61 Å². The quantitative estimate of drug-likeness (QED) is 0.483. The third-order valence-electron chi connectivity index (χ3n) is 4.25. The zero-order chi connectivity index (χ0) is 20.5. The number of fused-ring (bicyclic) bond motifs is 1. The van der Waals surface area contributed by atoms with Gasteiger partial charge in [-0.15, -0.1) is 0 Å². The van der Waals surface area contributed by atoms with Crippen LogP contribution in [-0.2, 0) is 6.54 Å². The lowest BCUT2D eigenvalue weighted by Gasteiger charge is -2.10. The van der Waals surface area contributed by atoms with Gasteiger partial charge in [0.05, 0.1) is 11.0 Å². The van der Waals surface area contributed by atoms with Gasteiger partial charge in [0.15, 0.2) is 11.6 Å². The summed E-state index contributed by atoms with van der Waals surface area (Å²) in [5.74, 6) is 5.11. The molecule has 0 unspecified atom stereocenters. The molecule has 2 aromatic heterocycles. The molecule has 29 heavy (non-hydrogen) atoms. The molecule has 2 heterocycles. The van der Waals surface area contributed by atoms with E-state index in [1.54, 1.807) is 48.7 Å². The molecule has 1 N–H and O–H groups in total. The van der Waals surface area contributed by atoms with Crippen LogP contribution in [0.1, 0.15) is 42.2 Å². The maximum Gasteiger partial charge on any atom is 0.270 e. The highest BCUT2D eigenvalue weighted by atomic mass is 19.1. The number of carbonyl (C=O) groups excluding carboxylic acids is 1. The van der Waals surface area contributed by atoms with E-state index in [2.05, 4.69) is 34.0 Å². The average molecular weight is 391 g/mol. The van der Waals surface area contributed by atoms with E-state index in [-0.39, 0.29) is 30.5 Å². The molecule has 0 saturated carbocycles. The zero-order valence-electron chi connectivity index (χ0n) is 16.2. The van der Waals surface area contributed by atoms with E-state index in [1.165, 1.54) is 0 Å². The number of hydrogen-bond acceptors (Lipinski definition) is 4. The molecule has 0 spiro atoms. The lowest BCUT2D eigenvalue weighted by molar-refractivity contribution is 0.0946. The van der Waals surface area contributed by atoms with Gasteiger partial charge in [0.25, 0.3) is 5.91 Å². The van der Waals surface area contributed by atoms with Gasteiger partial charge in [-0.1, -0.05) is 37.3 Å². The van der Waals surface area contributed by atoms with E-state index in [0.717, 1.165) is 19.3 Å². The summed E-state index contributed by atoms with van der Waals surface area (Å²) < 4.78 is 20.0. The second kappa shape index (κ2) is 10.2. The predicted molar refractivity (Wildman–Crippen MR) is 110 cm³/mol. The first-order valence-corrected chi connectivity index (χ1v) is 9.55. The highest BCUT2D eigenvalue weighted by Gasteiger charge is 2.12. The molecule has 1 amide bonds. The number of amides is 1. The maximum atomic E-state index is 14.6. The Balaban J connectivity index is 1.60. The summed E-state index contributed by atoms with van der Waals surface area (Å²) in [5, 5.41) is 2.69. The highest BCUT2D eigenvalue weighted by Crippen LogP contribution is 2.20. The summed E-state index contributed by atoms with van der Waals surface area (Å²) in [4.78, 5) is 20.9. The van der Waals surface area contributed by atoms with Gasteiger partial charge in [-0.3, -0.25) is 9.78 Å². The SMILES string of the molecule is CCCCC#CCOc1cccc(CNC(=O)c2ccc3ncccc3n2)c1F. The number of aromatic nitrogens is 2. The molecule has 1 aromatic carbocycles. The summed E-state index contributed by atoms with van der Waals surface area (Å²) in [6.07, 6.45) is 4.61. The molecule has 0 bridgehead atoms. The Bertz CT molecular complexity index is 1060. The molecule has 0 atom stereocenters. The summed E-state index contributed by atoms with van der Waals surface area (Å²) in [6, 6.07) is 11.7. The van der Waals surface area contributed by atoms with E-state index < -0.39 is 5.82 Å². The van der Waals surface area contributed by atoms with Crippen LogP contribution in [0, 0.1) is 17.7 Å². The Kier molecular flexibility index (Phi) is 7.12. The molecule has 0 fully saturated rings. The molecule has 0 saturated heterocycles. The van der Waals surface area contributed by atoms with E-state index >= 15 is 0 Å². The molecule has 6 heteroatoms. The average Bonchev–Trinajstić information content (AvgIpc) is 2.75. The van der Waals surface area contributed by atoms with Crippen molar-refractivity contribution < 1.29 is 13.9 Å². The molecule has 5 nitrogen and oxygen atoms in total. The lowest BCUT2D eigenvalue weighted by atomic mass is 10.2. The standard InChI is InChI=1S/C23H22FN3O2/c1-2-3-4-5-6-15-29-21-11-7-9-17(22(21)24)16-26-23(28)20-13-12-18-19(27-20)10-8-14-25-18/h7-14H,2-4,15-16H2,1H3,(H,26,28). The zero-order valence-corrected chi connectivity index (χ0v) is 16.2. The molecule has 0 aliphatic rings. The monoisotopic (exact) mass is 391 g/mol. The van der Waals surface area contributed by atoms with Gasteiger partial charge in [-0.25, -0.2) is 9.37 Å². The van der Waals surface area contributed by atoms with Gasteiger partial charge in [-0.05, 0) is 36.8 Å². The van der Waals surface area contributed by atoms with Crippen LogP contribution in [0.15, 0.2) is 48.7 Å². The number of halogens is 1. The van der Waals surface area contributed by atoms with Crippen molar-refractivity contribution in [3.8, 4) is 17.6 Å². The van der Waals surface area contributed by atoms with E-state index in [4.69, 9.17) is 4.74 Å².